The van der Waals surface area contributed by atoms with Gasteiger partial charge < -0.3 is 15.8 Å². The highest BCUT2D eigenvalue weighted by atomic mass is 16.4. The molecule has 5 nitrogen and oxygen atoms in total. The summed E-state index contributed by atoms with van der Waals surface area (Å²) in [5.41, 5.74) is 5.66. The number of likely N-dealkylation sites (N-methyl/N-ethyl adjacent to an activating group) is 1. The lowest BCUT2D eigenvalue weighted by atomic mass is 10.2. The lowest BCUT2D eigenvalue weighted by Gasteiger charge is -2.30. The van der Waals surface area contributed by atoms with Crippen molar-refractivity contribution in [2.75, 3.05) is 32.7 Å². The van der Waals surface area contributed by atoms with Crippen molar-refractivity contribution in [3.63, 3.8) is 0 Å². The molecule has 0 bridgehead atoms. The highest BCUT2D eigenvalue weighted by Gasteiger charge is 2.23. The van der Waals surface area contributed by atoms with Gasteiger partial charge in [0.2, 0.25) is 0 Å². The van der Waals surface area contributed by atoms with Gasteiger partial charge in [0, 0.05) is 19.1 Å². The van der Waals surface area contributed by atoms with Gasteiger partial charge in [-0.15, -0.1) is 0 Å². The molecule has 0 saturated heterocycles. The average Bonchev–Trinajstić information content (AvgIpc) is 2.92. The minimum absolute atomic E-state index is 0.321. The highest BCUT2D eigenvalue weighted by Crippen LogP contribution is 2.23. The molecule has 18 heavy (non-hydrogen) atoms. The Labute approximate surface area is 111 Å². The van der Waals surface area contributed by atoms with Gasteiger partial charge in [-0.2, -0.15) is 0 Å². The zero-order valence-corrected chi connectivity index (χ0v) is 11.8. The Morgan fingerprint density at radius 1 is 1.22 bits per heavy atom. The molecule has 0 atom stereocenters. The van der Waals surface area contributed by atoms with E-state index >= 15 is 0 Å². The molecule has 0 unspecified atom stereocenters. The van der Waals surface area contributed by atoms with Crippen LogP contribution in [0.4, 0.5) is 0 Å². The summed E-state index contributed by atoms with van der Waals surface area (Å²) in [4.78, 5) is 4.79. The predicted octanol–water partition coefficient (Wildman–Crippen LogP) is 1.32. The van der Waals surface area contributed by atoms with E-state index in [0.717, 1.165) is 26.2 Å². The second-order valence-corrected chi connectivity index (χ2v) is 5.03. The standard InChI is InChI=1S/C13H28N4O/c1-3-16(4-2)9-10-17(11-13(14)15-18)12-7-5-6-8-12/h12,18H,3-11H2,1-2H3,(H2,14,15). The first-order valence-electron chi connectivity index (χ1n) is 7.14. The Balaban J connectivity index is 2.48. The quantitative estimate of drug-likeness (QED) is 0.297. The molecule has 1 aliphatic rings. The van der Waals surface area contributed by atoms with Crippen LogP contribution < -0.4 is 5.73 Å². The lowest BCUT2D eigenvalue weighted by molar-refractivity contribution is 0.183. The van der Waals surface area contributed by atoms with E-state index in [1.165, 1.54) is 25.7 Å². The molecule has 5 heteroatoms. The summed E-state index contributed by atoms with van der Waals surface area (Å²) in [6.45, 7) is 9.18. The molecule has 1 fully saturated rings. The minimum atomic E-state index is 0.321. The molecule has 0 aromatic carbocycles. The van der Waals surface area contributed by atoms with E-state index in [9.17, 15) is 0 Å². The van der Waals surface area contributed by atoms with Gasteiger partial charge in [-0.05, 0) is 25.9 Å². The number of hydrogen-bond donors (Lipinski definition) is 2. The van der Waals surface area contributed by atoms with E-state index in [-0.39, 0.29) is 0 Å². The molecule has 1 rings (SSSR count). The SMILES string of the molecule is CCN(CC)CCN(CC(N)=NO)C1CCCC1. The van der Waals surface area contributed by atoms with Crippen LogP contribution in [-0.4, -0.2) is 59.6 Å². The van der Waals surface area contributed by atoms with Crippen LogP contribution in [0, 0.1) is 0 Å². The van der Waals surface area contributed by atoms with Gasteiger partial charge in [0.1, 0.15) is 0 Å². The van der Waals surface area contributed by atoms with E-state index in [1.807, 2.05) is 0 Å². The number of hydrogen-bond acceptors (Lipinski definition) is 4. The van der Waals surface area contributed by atoms with Crippen molar-refractivity contribution < 1.29 is 5.21 Å². The van der Waals surface area contributed by atoms with Gasteiger partial charge in [-0.3, -0.25) is 4.90 Å². The summed E-state index contributed by atoms with van der Waals surface area (Å²) in [5.74, 6) is 0.321. The molecule has 0 aromatic heterocycles. The highest BCUT2D eigenvalue weighted by molar-refractivity contribution is 5.81. The summed E-state index contributed by atoms with van der Waals surface area (Å²) < 4.78 is 0. The number of oxime groups is 1. The van der Waals surface area contributed by atoms with Gasteiger partial charge in [0.15, 0.2) is 5.84 Å². The van der Waals surface area contributed by atoms with Crippen LogP contribution >= 0.6 is 0 Å². The fourth-order valence-corrected chi connectivity index (χ4v) is 2.71. The van der Waals surface area contributed by atoms with E-state index in [0.29, 0.717) is 18.4 Å². The van der Waals surface area contributed by atoms with Crippen molar-refractivity contribution in [2.45, 2.75) is 45.6 Å². The summed E-state index contributed by atoms with van der Waals surface area (Å²) in [5, 5.41) is 11.8. The van der Waals surface area contributed by atoms with Crippen molar-refractivity contribution in [1.82, 2.24) is 9.80 Å². The molecule has 0 spiro atoms. The van der Waals surface area contributed by atoms with E-state index in [2.05, 4.69) is 28.8 Å². The van der Waals surface area contributed by atoms with Gasteiger partial charge >= 0.3 is 0 Å². The number of amidine groups is 1. The molecule has 0 aliphatic heterocycles. The maximum atomic E-state index is 8.72. The number of nitrogens with two attached hydrogens (primary N) is 1. The first kappa shape index (κ1) is 15.2. The first-order valence-corrected chi connectivity index (χ1v) is 7.14. The zero-order chi connectivity index (χ0) is 13.4. The van der Waals surface area contributed by atoms with E-state index < -0.39 is 0 Å². The Morgan fingerprint density at radius 2 is 1.83 bits per heavy atom. The maximum absolute atomic E-state index is 8.72. The van der Waals surface area contributed by atoms with Crippen LogP contribution in [0.15, 0.2) is 5.16 Å². The zero-order valence-electron chi connectivity index (χ0n) is 11.8. The molecule has 106 valence electrons. The Morgan fingerprint density at radius 3 is 2.33 bits per heavy atom. The van der Waals surface area contributed by atoms with Gasteiger partial charge in [-0.25, -0.2) is 0 Å². The van der Waals surface area contributed by atoms with Crippen LogP contribution in [0.5, 0.6) is 0 Å². The first-order chi connectivity index (χ1) is 8.71. The van der Waals surface area contributed by atoms with Crippen molar-refractivity contribution in [3.05, 3.63) is 0 Å². The normalized spacial score (nSPS) is 18.1. The van der Waals surface area contributed by atoms with Crippen molar-refractivity contribution in [2.24, 2.45) is 10.9 Å². The third-order valence-electron chi connectivity index (χ3n) is 3.93. The Hall–Kier alpha value is -0.810. The summed E-state index contributed by atoms with van der Waals surface area (Å²) >= 11 is 0. The van der Waals surface area contributed by atoms with Crippen LogP contribution in [0.3, 0.4) is 0 Å². The fraction of sp³-hybridized carbons (Fsp3) is 0.923. The molecule has 0 amide bonds. The largest absolute Gasteiger partial charge is 0.409 e. The van der Waals surface area contributed by atoms with Crippen LogP contribution in [-0.2, 0) is 0 Å². The smallest absolute Gasteiger partial charge is 0.153 e. The molecule has 1 saturated carbocycles. The van der Waals surface area contributed by atoms with Crippen molar-refractivity contribution >= 4 is 5.84 Å². The van der Waals surface area contributed by atoms with Crippen LogP contribution in [0.2, 0.25) is 0 Å². The minimum Gasteiger partial charge on any atom is -0.409 e. The molecular formula is C13H28N4O. The maximum Gasteiger partial charge on any atom is 0.153 e. The average molecular weight is 256 g/mol. The van der Waals surface area contributed by atoms with Crippen LogP contribution in [0.1, 0.15) is 39.5 Å². The molecule has 0 heterocycles. The topological polar surface area (TPSA) is 65.1 Å². The van der Waals surface area contributed by atoms with E-state index in [1.54, 1.807) is 0 Å². The molecule has 1 aliphatic carbocycles. The number of rotatable bonds is 8. The lowest BCUT2D eigenvalue weighted by Crippen LogP contribution is -2.44. The monoisotopic (exact) mass is 256 g/mol. The Bertz CT molecular complexity index is 247. The van der Waals surface area contributed by atoms with Gasteiger partial charge in [0.25, 0.3) is 0 Å². The third-order valence-corrected chi connectivity index (χ3v) is 3.93. The summed E-state index contributed by atoms with van der Waals surface area (Å²) in [7, 11) is 0. The third kappa shape index (κ3) is 4.82. The molecular weight excluding hydrogens is 228 g/mol. The Kier molecular flexibility index (Phi) is 7.05. The second kappa shape index (κ2) is 8.32. The van der Waals surface area contributed by atoms with E-state index in [4.69, 9.17) is 10.9 Å². The fourth-order valence-electron chi connectivity index (χ4n) is 2.71. The predicted molar refractivity (Wildman–Crippen MR) is 75.0 cm³/mol. The van der Waals surface area contributed by atoms with Crippen molar-refractivity contribution in [1.29, 1.82) is 0 Å². The molecule has 0 aromatic rings. The van der Waals surface area contributed by atoms with Crippen molar-refractivity contribution in [3.8, 4) is 0 Å². The second-order valence-electron chi connectivity index (χ2n) is 5.03. The van der Waals surface area contributed by atoms with Gasteiger partial charge in [0.05, 0.1) is 6.54 Å². The summed E-state index contributed by atoms with van der Waals surface area (Å²) in [6.07, 6.45) is 5.11. The number of nitrogens with zero attached hydrogens (tertiary/aromatic N) is 3. The molecule has 3 N–H and O–H groups in total. The van der Waals surface area contributed by atoms with Gasteiger partial charge in [-0.1, -0.05) is 31.8 Å². The van der Waals surface area contributed by atoms with Crippen LogP contribution in [0.25, 0.3) is 0 Å². The molecule has 0 radical (unpaired) electrons. The summed E-state index contributed by atoms with van der Waals surface area (Å²) in [6, 6.07) is 0.612.